The maximum atomic E-state index is 14.6. The second-order valence-electron chi connectivity index (χ2n) is 7.56. The summed E-state index contributed by atoms with van der Waals surface area (Å²) in [5.41, 5.74) is 2.22. The number of aromatic nitrogens is 6. The maximum Gasteiger partial charge on any atom is 0.176 e. The van der Waals surface area contributed by atoms with Gasteiger partial charge in [-0.05, 0) is 30.9 Å². The first kappa shape index (κ1) is 17.0. The van der Waals surface area contributed by atoms with Crippen molar-refractivity contribution in [2.45, 2.75) is 38.6 Å². The Bertz CT molecular complexity index is 1120. The summed E-state index contributed by atoms with van der Waals surface area (Å²) < 4.78 is 16.8. The number of imidazole rings is 1. The van der Waals surface area contributed by atoms with Gasteiger partial charge in [-0.3, -0.25) is 0 Å². The number of pyridine rings is 1. The van der Waals surface area contributed by atoms with E-state index in [2.05, 4.69) is 26.7 Å². The minimum atomic E-state index is -0.259. The molecule has 0 bridgehead atoms. The molecule has 1 aliphatic carbocycles. The van der Waals surface area contributed by atoms with Crippen molar-refractivity contribution in [1.82, 2.24) is 29.5 Å². The van der Waals surface area contributed by atoms with E-state index in [9.17, 15) is 4.39 Å². The fourth-order valence-electron chi connectivity index (χ4n) is 4.27. The molecular weight excluding hydrogens is 355 g/mol. The molecule has 28 heavy (non-hydrogen) atoms. The predicted molar refractivity (Wildman–Crippen MR) is 105 cm³/mol. The Morgan fingerprint density at radius 3 is 2.71 bits per heavy atom. The van der Waals surface area contributed by atoms with Gasteiger partial charge in [0.05, 0.1) is 29.7 Å². The highest BCUT2D eigenvalue weighted by Crippen LogP contribution is 2.38. The van der Waals surface area contributed by atoms with Crippen LogP contribution in [0.15, 0.2) is 48.9 Å². The standard InChI is InChI=1S/C21H21FN6/c1-14-5-4-6-15(11-14)27-19-12-20(28-24-9-10-25-28)23-13-18(19)26-21(27)16-7-2-3-8-17(16)22/h2-3,7-10,12-15H,4-6,11H2,1H3/t14?,15-/m1/s1. The zero-order chi connectivity index (χ0) is 19.1. The average molecular weight is 376 g/mol. The molecule has 142 valence electrons. The van der Waals surface area contributed by atoms with E-state index in [4.69, 9.17) is 4.98 Å². The van der Waals surface area contributed by atoms with Gasteiger partial charge in [0.1, 0.15) is 17.2 Å². The van der Waals surface area contributed by atoms with Crippen LogP contribution in [0.25, 0.3) is 28.2 Å². The molecule has 1 saturated carbocycles. The minimum absolute atomic E-state index is 0.259. The summed E-state index contributed by atoms with van der Waals surface area (Å²) in [6, 6.07) is 9.07. The summed E-state index contributed by atoms with van der Waals surface area (Å²) in [7, 11) is 0. The van der Waals surface area contributed by atoms with Crippen molar-refractivity contribution in [2.75, 3.05) is 0 Å². The van der Waals surface area contributed by atoms with Gasteiger partial charge in [0.15, 0.2) is 5.82 Å². The zero-order valence-corrected chi connectivity index (χ0v) is 15.7. The van der Waals surface area contributed by atoms with E-state index in [0.29, 0.717) is 23.1 Å². The molecule has 0 amide bonds. The van der Waals surface area contributed by atoms with Crippen LogP contribution in [0.3, 0.4) is 0 Å². The van der Waals surface area contributed by atoms with Crippen molar-refractivity contribution in [2.24, 2.45) is 5.92 Å². The highest BCUT2D eigenvalue weighted by atomic mass is 19.1. The molecule has 2 atom stereocenters. The quantitative estimate of drug-likeness (QED) is 0.525. The van der Waals surface area contributed by atoms with Crippen LogP contribution in [0.1, 0.15) is 38.6 Å². The lowest BCUT2D eigenvalue weighted by Crippen LogP contribution is -2.18. The van der Waals surface area contributed by atoms with Gasteiger partial charge in [-0.1, -0.05) is 31.9 Å². The smallest absolute Gasteiger partial charge is 0.176 e. The number of nitrogens with zero attached hydrogens (tertiary/aromatic N) is 6. The van der Waals surface area contributed by atoms with Crippen molar-refractivity contribution < 1.29 is 4.39 Å². The number of rotatable bonds is 3. The minimum Gasteiger partial charge on any atom is -0.321 e. The Balaban J connectivity index is 1.74. The van der Waals surface area contributed by atoms with E-state index in [1.54, 1.807) is 30.7 Å². The van der Waals surface area contributed by atoms with Gasteiger partial charge < -0.3 is 4.57 Å². The van der Waals surface area contributed by atoms with Crippen LogP contribution in [-0.4, -0.2) is 29.5 Å². The molecule has 5 rings (SSSR count). The lowest BCUT2D eigenvalue weighted by molar-refractivity contribution is 0.288. The largest absolute Gasteiger partial charge is 0.321 e. The van der Waals surface area contributed by atoms with Gasteiger partial charge in [-0.2, -0.15) is 10.2 Å². The van der Waals surface area contributed by atoms with Crippen LogP contribution in [0.2, 0.25) is 0 Å². The van der Waals surface area contributed by atoms with E-state index in [1.807, 2.05) is 12.1 Å². The molecule has 0 aliphatic heterocycles. The van der Waals surface area contributed by atoms with Gasteiger partial charge in [-0.25, -0.2) is 14.4 Å². The molecule has 1 fully saturated rings. The van der Waals surface area contributed by atoms with E-state index in [0.717, 1.165) is 23.9 Å². The monoisotopic (exact) mass is 376 g/mol. The Hall–Kier alpha value is -3.09. The van der Waals surface area contributed by atoms with E-state index >= 15 is 0 Å². The van der Waals surface area contributed by atoms with E-state index in [1.165, 1.54) is 23.7 Å². The Labute approximate surface area is 162 Å². The number of halogens is 1. The van der Waals surface area contributed by atoms with Crippen molar-refractivity contribution in [3.05, 3.63) is 54.7 Å². The summed E-state index contributed by atoms with van der Waals surface area (Å²) in [4.78, 5) is 10.7. The van der Waals surface area contributed by atoms with Crippen LogP contribution in [0, 0.1) is 11.7 Å². The number of hydrogen-bond acceptors (Lipinski definition) is 4. The molecule has 1 unspecified atom stereocenters. The highest BCUT2D eigenvalue weighted by molar-refractivity contribution is 5.81. The second-order valence-corrected chi connectivity index (χ2v) is 7.56. The van der Waals surface area contributed by atoms with Crippen LogP contribution < -0.4 is 0 Å². The molecular formula is C21H21FN6. The average Bonchev–Trinajstić information content (AvgIpc) is 3.36. The van der Waals surface area contributed by atoms with Crippen molar-refractivity contribution in [1.29, 1.82) is 0 Å². The van der Waals surface area contributed by atoms with Crippen LogP contribution in [0.5, 0.6) is 0 Å². The third kappa shape index (κ3) is 2.87. The zero-order valence-electron chi connectivity index (χ0n) is 15.7. The van der Waals surface area contributed by atoms with Crippen LogP contribution >= 0.6 is 0 Å². The number of fused-ring (bicyclic) bond motifs is 1. The van der Waals surface area contributed by atoms with E-state index in [-0.39, 0.29) is 11.9 Å². The van der Waals surface area contributed by atoms with Crippen molar-refractivity contribution in [3.63, 3.8) is 0 Å². The third-order valence-electron chi connectivity index (χ3n) is 5.57. The molecule has 0 radical (unpaired) electrons. The first-order valence-corrected chi connectivity index (χ1v) is 9.70. The molecule has 3 heterocycles. The maximum absolute atomic E-state index is 14.6. The first-order chi connectivity index (χ1) is 13.7. The second kappa shape index (κ2) is 6.82. The fraction of sp³-hybridized carbons (Fsp3) is 0.333. The Morgan fingerprint density at radius 2 is 1.93 bits per heavy atom. The fourth-order valence-corrected chi connectivity index (χ4v) is 4.27. The molecule has 7 heteroatoms. The summed E-state index contributed by atoms with van der Waals surface area (Å²) in [6.07, 6.45) is 9.50. The van der Waals surface area contributed by atoms with E-state index < -0.39 is 0 Å². The highest BCUT2D eigenvalue weighted by Gasteiger charge is 2.26. The summed E-state index contributed by atoms with van der Waals surface area (Å²) in [6.45, 7) is 2.29. The van der Waals surface area contributed by atoms with Crippen LogP contribution in [0.4, 0.5) is 4.39 Å². The summed E-state index contributed by atoms with van der Waals surface area (Å²) in [5.74, 6) is 1.67. The van der Waals surface area contributed by atoms with Gasteiger partial charge in [0.2, 0.25) is 0 Å². The molecule has 0 N–H and O–H groups in total. The summed E-state index contributed by atoms with van der Waals surface area (Å²) in [5, 5.41) is 8.36. The first-order valence-electron chi connectivity index (χ1n) is 9.70. The van der Waals surface area contributed by atoms with Gasteiger partial charge in [0.25, 0.3) is 0 Å². The Morgan fingerprint density at radius 1 is 1.11 bits per heavy atom. The number of hydrogen-bond donors (Lipinski definition) is 0. The molecule has 1 aromatic carbocycles. The molecule has 4 aromatic rings. The van der Waals surface area contributed by atoms with Gasteiger partial charge in [0, 0.05) is 12.1 Å². The molecule has 3 aromatic heterocycles. The predicted octanol–water partition coefficient (Wildman–Crippen LogP) is 4.57. The molecule has 0 saturated heterocycles. The third-order valence-corrected chi connectivity index (χ3v) is 5.57. The summed E-state index contributed by atoms with van der Waals surface area (Å²) >= 11 is 0. The lowest BCUT2D eigenvalue weighted by atomic mass is 9.86. The SMILES string of the molecule is CC1CCC[C@@H](n2c(-c3ccccc3F)nc3cnc(-n4nccn4)cc32)C1. The topological polar surface area (TPSA) is 61.4 Å². The molecule has 1 aliphatic rings. The van der Waals surface area contributed by atoms with Crippen LogP contribution in [-0.2, 0) is 0 Å². The van der Waals surface area contributed by atoms with Crippen molar-refractivity contribution in [3.8, 4) is 17.2 Å². The normalized spacial score (nSPS) is 19.9. The number of benzene rings is 1. The lowest BCUT2D eigenvalue weighted by Gasteiger charge is -2.29. The molecule has 0 spiro atoms. The van der Waals surface area contributed by atoms with Gasteiger partial charge >= 0.3 is 0 Å². The molecule has 6 nitrogen and oxygen atoms in total. The van der Waals surface area contributed by atoms with Gasteiger partial charge in [-0.15, -0.1) is 4.80 Å². The van der Waals surface area contributed by atoms with Crippen molar-refractivity contribution >= 4 is 11.0 Å². The Kier molecular flexibility index (Phi) is 4.15.